The molecule has 0 bridgehead atoms. The summed E-state index contributed by atoms with van der Waals surface area (Å²) in [4.78, 5) is 24.8. The van der Waals surface area contributed by atoms with Crippen LogP contribution >= 0.6 is 15.9 Å². The molecule has 7 heteroatoms. The SMILES string of the molecule is Cc1ccc(OCC(=O)NNC(=O)c2cc(Br)ccc2OCCc2ccccc2)c(C)c1. The fraction of sp³-hybridized carbons (Fsp3) is 0.200. The summed E-state index contributed by atoms with van der Waals surface area (Å²) in [5.74, 6) is 0.0984. The molecule has 0 aromatic heterocycles. The zero-order valence-electron chi connectivity index (χ0n) is 18.0. The molecule has 166 valence electrons. The monoisotopic (exact) mass is 496 g/mol. The van der Waals surface area contributed by atoms with Crippen molar-refractivity contribution in [2.75, 3.05) is 13.2 Å². The van der Waals surface area contributed by atoms with E-state index in [4.69, 9.17) is 9.47 Å². The quantitative estimate of drug-likeness (QED) is 0.449. The van der Waals surface area contributed by atoms with E-state index in [9.17, 15) is 9.59 Å². The number of rotatable bonds is 8. The molecule has 2 amide bonds. The van der Waals surface area contributed by atoms with Crippen LogP contribution in [0, 0.1) is 13.8 Å². The van der Waals surface area contributed by atoms with Gasteiger partial charge in [0.05, 0.1) is 12.2 Å². The van der Waals surface area contributed by atoms with E-state index in [2.05, 4.69) is 26.8 Å². The lowest BCUT2D eigenvalue weighted by molar-refractivity contribution is -0.123. The zero-order valence-corrected chi connectivity index (χ0v) is 19.6. The van der Waals surface area contributed by atoms with Crippen molar-refractivity contribution in [3.63, 3.8) is 0 Å². The number of aryl methyl sites for hydroxylation is 2. The number of carbonyl (C=O) groups excluding carboxylic acids is 2. The van der Waals surface area contributed by atoms with Gasteiger partial charge in [0.25, 0.3) is 11.8 Å². The number of halogens is 1. The zero-order chi connectivity index (χ0) is 22.9. The Morgan fingerprint density at radius 3 is 2.38 bits per heavy atom. The lowest BCUT2D eigenvalue weighted by atomic mass is 10.1. The second-order valence-electron chi connectivity index (χ2n) is 7.28. The molecule has 0 unspecified atom stereocenters. The van der Waals surface area contributed by atoms with Gasteiger partial charge in [-0.15, -0.1) is 0 Å². The molecule has 0 fully saturated rings. The van der Waals surface area contributed by atoms with Crippen LogP contribution in [0.4, 0.5) is 0 Å². The van der Waals surface area contributed by atoms with Gasteiger partial charge in [0, 0.05) is 10.9 Å². The summed E-state index contributed by atoms with van der Waals surface area (Å²) in [6.07, 6.45) is 0.713. The van der Waals surface area contributed by atoms with Crippen molar-refractivity contribution in [3.05, 3.63) is 93.5 Å². The van der Waals surface area contributed by atoms with Gasteiger partial charge in [-0.25, -0.2) is 0 Å². The van der Waals surface area contributed by atoms with Crippen LogP contribution in [0.1, 0.15) is 27.0 Å². The van der Waals surface area contributed by atoms with Gasteiger partial charge in [-0.05, 0) is 49.2 Å². The Morgan fingerprint density at radius 1 is 0.875 bits per heavy atom. The number of hydrogen-bond acceptors (Lipinski definition) is 4. The molecule has 32 heavy (non-hydrogen) atoms. The fourth-order valence-corrected chi connectivity index (χ4v) is 3.42. The van der Waals surface area contributed by atoms with E-state index in [-0.39, 0.29) is 6.61 Å². The van der Waals surface area contributed by atoms with E-state index in [1.165, 1.54) is 0 Å². The smallest absolute Gasteiger partial charge is 0.276 e. The molecule has 0 aliphatic carbocycles. The van der Waals surface area contributed by atoms with Crippen LogP contribution in [-0.4, -0.2) is 25.0 Å². The van der Waals surface area contributed by atoms with Crippen molar-refractivity contribution >= 4 is 27.7 Å². The second kappa shape index (κ2) is 11.3. The van der Waals surface area contributed by atoms with Crippen LogP contribution in [0.15, 0.2) is 71.2 Å². The summed E-state index contributed by atoms with van der Waals surface area (Å²) in [5.41, 5.74) is 8.30. The van der Waals surface area contributed by atoms with Crippen molar-refractivity contribution in [1.29, 1.82) is 0 Å². The highest BCUT2D eigenvalue weighted by Crippen LogP contribution is 2.23. The molecule has 6 nitrogen and oxygen atoms in total. The predicted octanol–water partition coefficient (Wildman–Crippen LogP) is 4.53. The van der Waals surface area contributed by atoms with E-state index in [1.807, 2.05) is 62.4 Å². The van der Waals surface area contributed by atoms with Gasteiger partial charge in [-0.2, -0.15) is 0 Å². The van der Waals surface area contributed by atoms with E-state index in [1.54, 1.807) is 18.2 Å². The average molecular weight is 497 g/mol. The molecule has 0 saturated carbocycles. The number of hydrogen-bond donors (Lipinski definition) is 2. The Hall–Kier alpha value is -3.32. The first-order valence-corrected chi connectivity index (χ1v) is 11.0. The van der Waals surface area contributed by atoms with Crippen molar-refractivity contribution in [2.45, 2.75) is 20.3 Å². The van der Waals surface area contributed by atoms with Crippen molar-refractivity contribution < 1.29 is 19.1 Å². The summed E-state index contributed by atoms with van der Waals surface area (Å²) in [7, 11) is 0. The maximum absolute atomic E-state index is 12.7. The summed E-state index contributed by atoms with van der Waals surface area (Å²) in [5, 5.41) is 0. The van der Waals surface area contributed by atoms with Crippen LogP contribution in [0.5, 0.6) is 11.5 Å². The highest BCUT2D eigenvalue weighted by molar-refractivity contribution is 9.10. The van der Waals surface area contributed by atoms with Gasteiger partial charge in [0.2, 0.25) is 0 Å². The third-order valence-corrected chi connectivity index (χ3v) is 5.18. The molecule has 0 saturated heterocycles. The van der Waals surface area contributed by atoms with Gasteiger partial charge >= 0.3 is 0 Å². The molecular weight excluding hydrogens is 472 g/mol. The molecule has 0 spiro atoms. The van der Waals surface area contributed by atoms with Gasteiger partial charge in [-0.1, -0.05) is 64.0 Å². The second-order valence-corrected chi connectivity index (χ2v) is 8.20. The minimum Gasteiger partial charge on any atom is -0.492 e. The van der Waals surface area contributed by atoms with E-state index in [0.717, 1.165) is 21.2 Å². The first-order chi connectivity index (χ1) is 15.4. The number of hydrazine groups is 1. The molecule has 0 atom stereocenters. The van der Waals surface area contributed by atoms with Crippen molar-refractivity contribution in [2.24, 2.45) is 0 Å². The maximum atomic E-state index is 12.7. The predicted molar refractivity (Wildman–Crippen MR) is 127 cm³/mol. The van der Waals surface area contributed by atoms with Crippen LogP contribution in [-0.2, 0) is 11.2 Å². The summed E-state index contributed by atoms with van der Waals surface area (Å²) in [6, 6.07) is 20.8. The Balaban J connectivity index is 1.53. The largest absolute Gasteiger partial charge is 0.492 e. The van der Waals surface area contributed by atoms with Gasteiger partial charge in [0.1, 0.15) is 11.5 Å². The third kappa shape index (κ3) is 6.85. The lowest BCUT2D eigenvalue weighted by Gasteiger charge is -2.14. The lowest BCUT2D eigenvalue weighted by Crippen LogP contribution is -2.44. The highest BCUT2D eigenvalue weighted by Gasteiger charge is 2.15. The molecular formula is C25H25BrN2O4. The molecule has 0 radical (unpaired) electrons. The Morgan fingerprint density at radius 2 is 1.62 bits per heavy atom. The highest BCUT2D eigenvalue weighted by atomic mass is 79.9. The van der Waals surface area contributed by atoms with Crippen molar-refractivity contribution in [1.82, 2.24) is 10.9 Å². The van der Waals surface area contributed by atoms with E-state index < -0.39 is 11.8 Å². The normalized spacial score (nSPS) is 10.3. The minimum absolute atomic E-state index is 0.219. The number of ether oxygens (including phenoxy) is 2. The first-order valence-electron chi connectivity index (χ1n) is 10.2. The summed E-state index contributed by atoms with van der Waals surface area (Å²) < 4.78 is 12.1. The minimum atomic E-state index is -0.485. The third-order valence-electron chi connectivity index (χ3n) is 4.68. The van der Waals surface area contributed by atoms with Gasteiger partial charge < -0.3 is 9.47 Å². The van der Waals surface area contributed by atoms with Crippen LogP contribution in [0.3, 0.4) is 0 Å². The molecule has 0 heterocycles. The average Bonchev–Trinajstić information content (AvgIpc) is 2.78. The van der Waals surface area contributed by atoms with Gasteiger partial charge in [0.15, 0.2) is 6.61 Å². The number of nitrogens with one attached hydrogen (secondary N) is 2. The number of benzene rings is 3. The van der Waals surface area contributed by atoms with Crippen LogP contribution in [0.2, 0.25) is 0 Å². The summed E-state index contributed by atoms with van der Waals surface area (Å²) >= 11 is 3.37. The fourth-order valence-electron chi connectivity index (χ4n) is 3.06. The number of carbonyl (C=O) groups is 2. The molecule has 0 aliphatic rings. The van der Waals surface area contributed by atoms with Gasteiger partial charge in [-0.3, -0.25) is 20.4 Å². The summed E-state index contributed by atoms with van der Waals surface area (Å²) in [6.45, 7) is 4.10. The topological polar surface area (TPSA) is 76.7 Å². The Bertz CT molecular complexity index is 1090. The van der Waals surface area contributed by atoms with E-state index >= 15 is 0 Å². The molecule has 3 rings (SSSR count). The Kier molecular flexibility index (Phi) is 8.27. The van der Waals surface area contributed by atoms with E-state index in [0.29, 0.717) is 30.1 Å². The molecule has 3 aromatic rings. The molecule has 2 N–H and O–H groups in total. The Labute approximate surface area is 196 Å². The van der Waals surface area contributed by atoms with Crippen molar-refractivity contribution in [3.8, 4) is 11.5 Å². The number of amides is 2. The molecule has 3 aromatic carbocycles. The maximum Gasteiger partial charge on any atom is 0.276 e. The molecule has 0 aliphatic heterocycles. The standard InChI is InChI=1S/C25H25BrN2O4/c1-17-8-10-22(18(2)14-17)32-16-24(29)27-28-25(30)21-15-20(26)9-11-23(21)31-13-12-19-6-4-3-5-7-19/h3-11,14-15H,12-13,16H2,1-2H3,(H,27,29)(H,28,30). The first kappa shape index (κ1) is 23.3. The van der Waals surface area contributed by atoms with Crippen LogP contribution < -0.4 is 20.3 Å². The van der Waals surface area contributed by atoms with Crippen LogP contribution in [0.25, 0.3) is 0 Å².